The minimum absolute atomic E-state index is 0.0451. The number of pyridine rings is 1. The van der Waals surface area contributed by atoms with E-state index >= 15 is 0 Å². The molecule has 0 saturated carbocycles. The maximum absolute atomic E-state index is 11.5. The zero-order chi connectivity index (χ0) is 22.9. The molecular weight excluding hydrogens is 432 g/mol. The average molecular weight is 463 g/mol. The Labute approximate surface area is 196 Å². The summed E-state index contributed by atoms with van der Waals surface area (Å²) >= 11 is 0. The lowest BCUT2D eigenvalue weighted by molar-refractivity contribution is -0.0163. The number of aromatic nitrogens is 1. The zero-order valence-corrected chi connectivity index (χ0v) is 19.9. The Morgan fingerprint density at radius 3 is 2.30 bits per heavy atom. The summed E-state index contributed by atoms with van der Waals surface area (Å²) in [5.41, 5.74) is 5.59. The molecule has 0 unspecified atom stereocenters. The molecule has 6 heteroatoms. The molecule has 1 saturated heterocycles. The van der Waals surface area contributed by atoms with E-state index in [4.69, 9.17) is 4.74 Å². The first-order valence-corrected chi connectivity index (χ1v) is 13.6. The lowest BCUT2D eigenvalue weighted by atomic mass is 9.82. The second-order valence-electron chi connectivity index (χ2n) is 9.51. The SMILES string of the molecule is CS(=O)(=O)Cc1ccc(-c2ccc3c(c2)CCC2(CCN(Cc4ccncc4)CC2)O3)cc1. The van der Waals surface area contributed by atoms with E-state index in [-0.39, 0.29) is 11.4 Å². The van der Waals surface area contributed by atoms with Crippen molar-refractivity contribution in [3.05, 3.63) is 83.7 Å². The van der Waals surface area contributed by atoms with Gasteiger partial charge in [0.05, 0.1) is 5.75 Å². The second-order valence-corrected chi connectivity index (χ2v) is 11.6. The Bertz CT molecular complexity index is 1220. The van der Waals surface area contributed by atoms with E-state index < -0.39 is 9.84 Å². The first-order valence-electron chi connectivity index (χ1n) is 11.6. The van der Waals surface area contributed by atoms with E-state index in [1.165, 1.54) is 17.4 Å². The van der Waals surface area contributed by atoms with E-state index in [1.54, 1.807) is 0 Å². The van der Waals surface area contributed by atoms with Gasteiger partial charge in [0.15, 0.2) is 9.84 Å². The van der Waals surface area contributed by atoms with Crippen LogP contribution in [0.15, 0.2) is 67.0 Å². The summed E-state index contributed by atoms with van der Waals surface area (Å²) in [6, 6.07) is 18.5. The van der Waals surface area contributed by atoms with Gasteiger partial charge >= 0.3 is 0 Å². The molecule has 2 aliphatic heterocycles. The lowest BCUT2D eigenvalue weighted by Gasteiger charge is -2.44. The highest BCUT2D eigenvalue weighted by molar-refractivity contribution is 7.89. The predicted octanol–water partition coefficient (Wildman–Crippen LogP) is 4.65. The third-order valence-electron chi connectivity index (χ3n) is 6.88. The summed E-state index contributed by atoms with van der Waals surface area (Å²) in [7, 11) is -3.02. The molecule has 0 aliphatic carbocycles. The molecule has 33 heavy (non-hydrogen) atoms. The van der Waals surface area contributed by atoms with Crippen molar-refractivity contribution in [2.45, 2.75) is 43.6 Å². The zero-order valence-electron chi connectivity index (χ0n) is 19.0. The molecule has 3 aromatic rings. The lowest BCUT2D eigenvalue weighted by Crippen LogP contribution is -2.49. The molecule has 1 spiro atoms. The molecule has 1 aromatic heterocycles. The van der Waals surface area contributed by atoms with Crippen LogP contribution < -0.4 is 4.74 Å². The van der Waals surface area contributed by atoms with Crippen LogP contribution in [0, 0.1) is 0 Å². The van der Waals surface area contributed by atoms with Crippen LogP contribution in [0.3, 0.4) is 0 Å². The number of ether oxygens (including phenoxy) is 1. The smallest absolute Gasteiger partial charge is 0.151 e. The number of fused-ring (bicyclic) bond motifs is 1. The third-order valence-corrected chi connectivity index (χ3v) is 7.73. The Morgan fingerprint density at radius 1 is 0.909 bits per heavy atom. The summed E-state index contributed by atoms with van der Waals surface area (Å²) in [4.78, 5) is 6.62. The van der Waals surface area contributed by atoms with Crippen LogP contribution >= 0.6 is 0 Å². The molecule has 172 valence electrons. The van der Waals surface area contributed by atoms with Crippen molar-refractivity contribution in [3.63, 3.8) is 0 Å². The summed E-state index contributed by atoms with van der Waals surface area (Å²) in [6.07, 6.45) is 9.18. The van der Waals surface area contributed by atoms with E-state index in [0.717, 1.165) is 67.8 Å². The highest BCUT2D eigenvalue weighted by atomic mass is 32.2. The topological polar surface area (TPSA) is 59.5 Å². The quantitative estimate of drug-likeness (QED) is 0.552. The van der Waals surface area contributed by atoms with Crippen molar-refractivity contribution in [1.29, 1.82) is 0 Å². The Hall–Kier alpha value is -2.70. The molecule has 1 fully saturated rings. The third kappa shape index (κ3) is 5.28. The van der Waals surface area contributed by atoms with E-state index in [2.05, 4.69) is 40.2 Å². The van der Waals surface area contributed by atoms with Gasteiger partial charge in [-0.2, -0.15) is 0 Å². The fraction of sp³-hybridized carbons (Fsp3) is 0.370. The summed E-state index contributed by atoms with van der Waals surface area (Å²) in [6.45, 7) is 3.08. The standard InChI is InChI=1S/C27H30N2O3S/c1-33(30,31)20-22-2-4-23(5-3-22)24-6-7-26-25(18-24)8-11-27(32-26)12-16-29(17-13-27)19-21-9-14-28-15-10-21/h2-7,9-10,14-15,18H,8,11-13,16-17,19-20H2,1H3. The number of hydrogen-bond donors (Lipinski definition) is 0. The Morgan fingerprint density at radius 2 is 1.61 bits per heavy atom. The molecule has 5 rings (SSSR count). The van der Waals surface area contributed by atoms with Gasteiger partial charge in [0.1, 0.15) is 11.4 Å². The van der Waals surface area contributed by atoms with Crippen molar-refractivity contribution < 1.29 is 13.2 Å². The van der Waals surface area contributed by atoms with Crippen LogP contribution in [0.4, 0.5) is 0 Å². The molecule has 2 aliphatic rings. The van der Waals surface area contributed by atoms with Gasteiger partial charge in [-0.05, 0) is 77.8 Å². The number of rotatable bonds is 5. The number of piperidine rings is 1. The van der Waals surface area contributed by atoms with Gasteiger partial charge in [0, 0.05) is 38.3 Å². The van der Waals surface area contributed by atoms with Gasteiger partial charge in [-0.3, -0.25) is 9.88 Å². The Kier molecular flexibility index (Phi) is 5.97. The first kappa shape index (κ1) is 22.1. The van der Waals surface area contributed by atoms with Crippen molar-refractivity contribution in [2.24, 2.45) is 0 Å². The van der Waals surface area contributed by atoms with E-state index in [1.807, 2.05) is 36.7 Å². The van der Waals surface area contributed by atoms with Gasteiger partial charge < -0.3 is 4.74 Å². The second kappa shape index (κ2) is 8.92. The number of sulfone groups is 1. The van der Waals surface area contributed by atoms with Crippen LogP contribution in [0.25, 0.3) is 11.1 Å². The summed E-state index contributed by atoms with van der Waals surface area (Å²) in [5.74, 6) is 1.09. The van der Waals surface area contributed by atoms with Crippen molar-refractivity contribution >= 4 is 9.84 Å². The van der Waals surface area contributed by atoms with Crippen LogP contribution in [0.2, 0.25) is 0 Å². The van der Waals surface area contributed by atoms with Crippen molar-refractivity contribution in [2.75, 3.05) is 19.3 Å². The van der Waals surface area contributed by atoms with E-state index in [0.29, 0.717) is 0 Å². The monoisotopic (exact) mass is 462 g/mol. The number of aryl methyl sites for hydroxylation is 1. The van der Waals surface area contributed by atoms with Crippen molar-refractivity contribution in [1.82, 2.24) is 9.88 Å². The minimum atomic E-state index is -3.02. The van der Waals surface area contributed by atoms with Gasteiger partial charge in [-0.15, -0.1) is 0 Å². The summed E-state index contributed by atoms with van der Waals surface area (Å²) < 4.78 is 29.7. The van der Waals surface area contributed by atoms with Crippen LogP contribution in [0.1, 0.15) is 36.0 Å². The largest absolute Gasteiger partial charge is 0.487 e. The highest BCUT2D eigenvalue weighted by Gasteiger charge is 2.39. The molecule has 0 radical (unpaired) electrons. The highest BCUT2D eigenvalue weighted by Crippen LogP contribution is 2.41. The maximum Gasteiger partial charge on any atom is 0.151 e. The summed E-state index contributed by atoms with van der Waals surface area (Å²) in [5, 5.41) is 0. The number of hydrogen-bond acceptors (Lipinski definition) is 5. The molecule has 0 N–H and O–H groups in total. The Balaban J connectivity index is 1.24. The average Bonchev–Trinajstić information content (AvgIpc) is 2.81. The molecule has 0 atom stereocenters. The molecular formula is C27H30N2O3S. The van der Waals surface area contributed by atoms with Crippen LogP contribution in [-0.4, -0.2) is 43.2 Å². The van der Waals surface area contributed by atoms with E-state index in [9.17, 15) is 8.42 Å². The normalized spacial score (nSPS) is 18.0. The number of likely N-dealkylation sites (tertiary alicyclic amines) is 1. The predicted molar refractivity (Wildman–Crippen MR) is 131 cm³/mol. The maximum atomic E-state index is 11.5. The molecule has 5 nitrogen and oxygen atoms in total. The van der Waals surface area contributed by atoms with Crippen LogP contribution in [-0.2, 0) is 28.6 Å². The van der Waals surface area contributed by atoms with Gasteiger partial charge in [0.25, 0.3) is 0 Å². The number of benzene rings is 2. The van der Waals surface area contributed by atoms with Gasteiger partial charge in [-0.25, -0.2) is 8.42 Å². The minimum Gasteiger partial charge on any atom is -0.487 e. The molecule has 0 amide bonds. The first-order chi connectivity index (χ1) is 15.9. The molecule has 3 heterocycles. The fourth-order valence-corrected chi connectivity index (χ4v) is 5.81. The van der Waals surface area contributed by atoms with Gasteiger partial charge in [-0.1, -0.05) is 30.3 Å². The number of nitrogens with zero attached hydrogens (tertiary/aromatic N) is 2. The fourth-order valence-electron chi connectivity index (χ4n) is 5.01. The molecule has 2 aromatic carbocycles. The van der Waals surface area contributed by atoms with Gasteiger partial charge in [0.2, 0.25) is 0 Å². The van der Waals surface area contributed by atoms with Crippen molar-refractivity contribution in [3.8, 4) is 16.9 Å². The van der Waals surface area contributed by atoms with Crippen LogP contribution in [0.5, 0.6) is 5.75 Å². The molecule has 0 bridgehead atoms.